The number of aliphatic imine (C=N–C) groups is 1. The summed E-state index contributed by atoms with van der Waals surface area (Å²) in [7, 11) is 1.85. The van der Waals surface area contributed by atoms with Crippen molar-refractivity contribution in [3.63, 3.8) is 0 Å². The van der Waals surface area contributed by atoms with Crippen LogP contribution in [-0.2, 0) is 0 Å². The second-order valence-corrected chi connectivity index (χ2v) is 5.74. The number of nitrogens with one attached hydrogen (secondary N) is 2. The molecule has 0 aromatic rings. The molecule has 5 heteroatoms. The fraction of sp³-hybridized carbons (Fsp3) is 0.923. The molecule has 18 heavy (non-hydrogen) atoms. The van der Waals surface area contributed by atoms with Crippen LogP contribution in [0.2, 0.25) is 0 Å². The molecule has 0 atom stereocenters. The summed E-state index contributed by atoms with van der Waals surface area (Å²) in [5, 5.41) is 6.89. The molecule has 0 aromatic heterocycles. The first kappa shape index (κ1) is 15.6. The van der Waals surface area contributed by atoms with Crippen LogP contribution < -0.4 is 10.6 Å². The molecule has 1 rings (SSSR count). The van der Waals surface area contributed by atoms with Crippen LogP contribution in [0.3, 0.4) is 0 Å². The number of hydrogen-bond acceptors (Lipinski definition) is 3. The molecule has 0 bridgehead atoms. The third-order valence-corrected chi connectivity index (χ3v) is 3.90. The van der Waals surface area contributed by atoms with Crippen molar-refractivity contribution in [2.75, 3.05) is 45.2 Å². The van der Waals surface area contributed by atoms with Crippen molar-refractivity contribution in [3.8, 4) is 0 Å². The molecule has 1 aliphatic rings. The van der Waals surface area contributed by atoms with E-state index in [9.17, 15) is 0 Å². The van der Waals surface area contributed by atoms with Gasteiger partial charge in [0.25, 0.3) is 0 Å². The van der Waals surface area contributed by atoms with Gasteiger partial charge < -0.3 is 15.5 Å². The van der Waals surface area contributed by atoms with Crippen LogP contribution >= 0.6 is 11.8 Å². The van der Waals surface area contributed by atoms with Gasteiger partial charge in [0.1, 0.15) is 0 Å². The molecule has 106 valence electrons. The molecule has 1 heterocycles. The summed E-state index contributed by atoms with van der Waals surface area (Å²) >= 11 is 1.85. The first-order chi connectivity index (χ1) is 8.80. The van der Waals surface area contributed by atoms with Gasteiger partial charge in [0.05, 0.1) is 0 Å². The summed E-state index contributed by atoms with van der Waals surface area (Å²) < 4.78 is 0. The van der Waals surface area contributed by atoms with E-state index in [0.717, 1.165) is 18.3 Å². The fourth-order valence-electron chi connectivity index (χ4n) is 2.28. The van der Waals surface area contributed by atoms with Crippen LogP contribution in [0.25, 0.3) is 0 Å². The minimum Gasteiger partial charge on any atom is -0.356 e. The lowest BCUT2D eigenvalue weighted by atomic mass is 10.1. The van der Waals surface area contributed by atoms with Crippen LogP contribution in [0.15, 0.2) is 4.99 Å². The zero-order chi connectivity index (χ0) is 13.2. The lowest BCUT2D eigenvalue weighted by Gasteiger charge is -2.32. The van der Waals surface area contributed by atoms with E-state index in [1.165, 1.54) is 38.9 Å². The van der Waals surface area contributed by atoms with Crippen molar-refractivity contribution < 1.29 is 0 Å². The Kier molecular flexibility index (Phi) is 8.25. The van der Waals surface area contributed by atoms with Gasteiger partial charge in [-0.1, -0.05) is 6.92 Å². The second-order valence-electron chi connectivity index (χ2n) is 4.75. The first-order valence-corrected chi connectivity index (χ1v) is 8.38. The summed E-state index contributed by atoms with van der Waals surface area (Å²) in [6.45, 7) is 6.91. The Bertz CT molecular complexity index is 237. The van der Waals surface area contributed by atoms with Crippen molar-refractivity contribution in [1.29, 1.82) is 0 Å². The predicted octanol–water partition coefficient (Wildman–Crippen LogP) is 1.39. The largest absolute Gasteiger partial charge is 0.356 e. The molecular weight excluding hydrogens is 244 g/mol. The Labute approximate surface area is 116 Å². The summed E-state index contributed by atoms with van der Waals surface area (Å²) in [6.07, 6.45) is 5.84. The van der Waals surface area contributed by atoms with Gasteiger partial charge in [-0.15, -0.1) is 0 Å². The maximum atomic E-state index is 4.28. The number of hydrogen-bond donors (Lipinski definition) is 2. The van der Waals surface area contributed by atoms with Crippen LogP contribution in [0.5, 0.6) is 0 Å². The number of rotatable bonds is 6. The normalized spacial score (nSPS) is 18.9. The number of thioether (sulfide) groups is 1. The molecule has 0 radical (unpaired) electrons. The molecule has 1 aliphatic heterocycles. The van der Waals surface area contributed by atoms with Gasteiger partial charge in [-0.2, -0.15) is 11.8 Å². The highest BCUT2D eigenvalue weighted by Gasteiger charge is 2.18. The Morgan fingerprint density at radius 2 is 2.11 bits per heavy atom. The molecular formula is C13H28N4S. The monoisotopic (exact) mass is 272 g/mol. The molecule has 0 unspecified atom stereocenters. The average Bonchev–Trinajstić information content (AvgIpc) is 2.40. The number of nitrogens with zero attached hydrogens (tertiary/aromatic N) is 2. The van der Waals surface area contributed by atoms with E-state index < -0.39 is 0 Å². The van der Waals surface area contributed by atoms with Crippen molar-refractivity contribution in [2.45, 2.75) is 32.2 Å². The highest BCUT2D eigenvalue weighted by molar-refractivity contribution is 7.98. The molecule has 4 nitrogen and oxygen atoms in total. The zero-order valence-corrected chi connectivity index (χ0v) is 12.9. The Hall–Kier alpha value is -0.420. The summed E-state index contributed by atoms with van der Waals surface area (Å²) in [5.74, 6) is 2.08. The molecule has 0 spiro atoms. The van der Waals surface area contributed by atoms with Crippen LogP contribution in [0.1, 0.15) is 26.2 Å². The van der Waals surface area contributed by atoms with Gasteiger partial charge in [-0.05, 0) is 32.1 Å². The third kappa shape index (κ3) is 5.96. The number of likely N-dealkylation sites (tertiary alicyclic amines) is 1. The lowest BCUT2D eigenvalue weighted by Crippen LogP contribution is -2.49. The van der Waals surface area contributed by atoms with Gasteiger partial charge in [-0.25, -0.2) is 0 Å². The van der Waals surface area contributed by atoms with E-state index in [2.05, 4.69) is 33.7 Å². The van der Waals surface area contributed by atoms with Crippen molar-refractivity contribution in [2.24, 2.45) is 4.99 Å². The second kappa shape index (κ2) is 9.50. The van der Waals surface area contributed by atoms with Crippen molar-refractivity contribution in [3.05, 3.63) is 0 Å². The molecule has 2 N–H and O–H groups in total. The summed E-state index contributed by atoms with van der Waals surface area (Å²) in [5.41, 5.74) is 0. The molecule has 0 saturated carbocycles. The van der Waals surface area contributed by atoms with Gasteiger partial charge in [0.15, 0.2) is 5.96 Å². The van der Waals surface area contributed by atoms with E-state index in [0.29, 0.717) is 6.04 Å². The van der Waals surface area contributed by atoms with Gasteiger partial charge in [0.2, 0.25) is 0 Å². The molecule has 0 amide bonds. The van der Waals surface area contributed by atoms with E-state index in [4.69, 9.17) is 0 Å². The maximum absolute atomic E-state index is 4.28. The first-order valence-electron chi connectivity index (χ1n) is 6.98. The van der Waals surface area contributed by atoms with E-state index in [-0.39, 0.29) is 0 Å². The maximum Gasteiger partial charge on any atom is 0.191 e. The fourth-order valence-corrected chi connectivity index (χ4v) is 2.58. The highest BCUT2D eigenvalue weighted by Crippen LogP contribution is 2.10. The minimum absolute atomic E-state index is 0.582. The average molecular weight is 272 g/mol. The predicted molar refractivity (Wildman–Crippen MR) is 82.6 cm³/mol. The van der Waals surface area contributed by atoms with Gasteiger partial charge in [0, 0.05) is 38.5 Å². The standard InChI is InChI=1S/C13H28N4S/c1-4-8-17-9-5-12(6-10-17)16-13(14-2)15-7-11-18-3/h12H,4-11H2,1-3H3,(H2,14,15,16). The third-order valence-electron chi connectivity index (χ3n) is 3.29. The molecule has 1 saturated heterocycles. The molecule has 0 aliphatic carbocycles. The van der Waals surface area contributed by atoms with E-state index in [1.807, 2.05) is 18.8 Å². The highest BCUT2D eigenvalue weighted by atomic mass is 32.2. The SMILES string of the molecule is CCCN1CCC(NC(=NC)NCCSC)CC1. The zero-order valence-electron chi connectivity index (χ0n) is 12.0. The number of guanidine groups is 1. The van der Waals surface area contributed by atoms with Crippen molar-refractivity contribution in [1.82, 2.24) is 15.5 Å². The van der Waals surface area contributed by atoms with Gasteiger partial charge >= 0.3 is 0 Å². The van der Waals surface area contributed by atoms with Crippen LogP contribution in [-0.4, -0.2) is 62.1 Å². The minimum atomic E-state index is 0.582. The quantitative estimate of drug-likeness (QED) is 0.435. The summed E-state index contributed by atoms with van der Waals surface area (Å²) in [6, 6.07) is 0.582. The Morgan fingerprint density at radius 3 is 2.67 bits per heavy atom. The van der Waals surface area contributed by atoms with E-state index in [1.54, 1.807) is 0 Å². The molecule has 1 fully saturated rings. The van der Waals surface area contributed by atoms with Crippen LogP contribution in [0, 0.1) is 0 Å². The lowest BCUT2D eigenvalue weighted by molar-refractivity contribution is 0.206. The topological polar surface area (TPSA) is 39.7 Å². The van der Waals surface area contributed by atoms with Gasteiger partial charge in [-0.3, -0.25) is 4.99 Å². The summed E-state index contributed by atoms with van der Waals surface area (Å²) in [4.78, 5) is 6.84. The Balaban J connectivity index is 2.21. The van der Waals surface area contributed by atoms with Crippen LogP contribution in [0.4, 0.5) is 0 Å². The van der Waals surface area contributed by atoms with E-state index >= 15 is 0 Å². The number of piperidine rings is 1. The smallest absolute Gasteiger partial charge is 0.191 e. The Morgan fingerprint density at radius 1 is 1.39 bits per heavy atom. The molecule has 0 aromatic carbocycles. The van der Waals surface area contributed by atoms with Crippen molar-refractivity contribution >= 4 is 17.7 Å².